The summed E-state index contributed by atoms with van der Waals surface area (Å²) in [7, 11) is 0. The number of rotatable bonds is 4. The second-order valence-electron chi connectivity index (χ2n) is 8.52. The van der Waals surface area contributed by atoms with E-state index >= 15 is 0 Å². The van der Waals surface area contributed by atoms with Gasteiger partial charge in [-0.05, 0) is 41.5 Å². The standard InChI is InChI=1S/C18H27N3O3/c1-16(2)9-22-13(19-16)7-12(15-21-18(5,6)11-24-15)8-14-20-17(3,4)10-23-14/h7H,8-11H2,1-6H3/b12-7+. The third kappa shape index (κ3) is 3.97. The van der Waals surface area contributed by atoms with Gasteiger partial charge in [-0.2, -0.15) is 0 Å². The Hall–Kier alpha value is -1.85. The van der Waals surface area contributed by atoms with Gasteiger partial charge in [0, 0.05) is 11.6 Å². The molecule has 132 valence electrons. The fourth-order valence-corrected chi connectivity index (χ4v) is 2.69. The maximum absolute atomic E-state index is 5.82. The zero-order valence-electron chi connectivity index (χ0n) is 15.5. The van der Waals surface area contributed by atoms with Gasteiger partial charge in [0.1, 0.15) is 19.8 Å². The van der Waals surface area contributed by atoms with E-state index in [1.54, 1.807) is 0 Å². The smallest absolute Gasteiger partial charge is 0.213 e. The first-order valence-electron chi connectivity index (χ1n) is 8.42. The van der Waals surface area contributed by atoms with Crippen molar-refractivity contribution >= 4 is 17.7 Å². The fourth-order valence-electron chi connectivity index (χ4n) is 2.69. The van der Waals surface area contributed by atoms with Gasteiger partial charge in [-0.15, -0.1) is 0 Å². The second-order valence-corrected chi connectivity index (χ2v) is 8.52. The quantitative estimate of drug-likeness (QED) is 0.794. The molecule has 0 atom stereocenters. The van der Waals surface area contributed by atoms with E-state index in [0.717, 1.165) is 5.57 Å². The van der Waals surface area contributed by atoms with E-state index in [1.807, 2.05) is 19.9 Å². The van der Waals surface area contributed by atoms with Gasteiger partial charge in [-0.25, -0.2) is 15.0 Å². The molecule has 0 unspecified atom stereocenters. The van der Waals surface area contributed by atoms with Crippen molar-refractivity contribution in [2.75, 3.05) is 19.8 Å². The maximum Gasteiger partial charge on any atom is 0.213 e. The van der Waals surface area contributed by atoms with Crippen LogP contribution in [0.1, 0.15) is 48.0 Å². The fraction of sp³-hybridized carbons (Fsp3) is 0.722. The molecule has 0 bridgehead atoms. The SMILES string of the molecule is CC1(C)COC(/C=C(\CC2=NC(C)(C)CO2)C2=NC(C)(C)CO2)=N1. The van der Waals surface area contributed by atoms with Crippen molar-refractivity contribution in [3.05, 3.63) is 11.6 Å². The van der Waals surface area contributed by atoms with Crippen molar-refractivity contribution in [2.45, 2.75) is 64.6 Å². The highest BCUT2D eigenvalue weighted by atomic mass is 16.5. The zero-order valence-corrected chi connectivity index (χ0v) is 15.5. The molecule has 3 aliphatic heterocycles. The van der Waals surface area contributed by atoms with Gasteiger partial charge in [-0.3, -0.25) is 0 Å². The highest BCUT2D eigenvalue weighted by Crippen LogP contribution is 2.26. The van der Waals surface area contributed by atoms with E-state index in [0.29, 0.717) is 43.9 Å². The Balaban J connectivity index is 1.88. The first-order valence-corrected chi connectivity index (χ1v) is 8.42. The van der Waals surface area contributed by atoms with E-state index in [4.69, 9.17) is 14.2 Å². The minimum atomic E-state index is -0.219. The van der Waals surface area contributed by atoms with E-state index < -0.39 is 0 Å². The largest absolute Gasteiger partial charge is 0.478 e. The predicted octanol–water partition coefficient (Wildman–Crippen LogP) is 2.92. The third-order valence-corrected chi connectivity index (χ3v) is 3.89. The van der Waals surface area contributed by atoms with Crippen LogP contribution in [0.4, 0.5) is 0 Å². The molecule has 3 rings (SSSR count). The lowest BCUT2D eigenvalue weighted by molar-refractivity contribution is 0.272. The summed E-state index contributed by atoms with van der Waals surface area (Å²) in [4.78, 5) is 13.9. The van der Waals surface area contributed by atoms with Gasteiger partial charge in [-0.1, -0.05) is 0 Å². The summed E-state index contributed by atoms with van der Waals surface area (Å²) < 4.78 is 17.2. The van der Waals surface area contributed by atoms with Gasteiger partial charge >= 0.3 is 0 Å². The van der Waals surface area contributed by atoms with Crippen molar-refractivity contribution in [3.63, 3.8) is 0 Å². The average Bonchev–Trinajstić information content (AvgIpc) is 3.07. The monoisotopic (exact) mass is 333 g/mol. The summed E-state index contributed by atoms with van der Waals surface area (Å²) >= 11 is 0. The summed E-state index contributed by atoms with van der Waals surface area (Å²) in [6.45, 7) is 14.1. The molecule has 24 heavy (non-hydrogen) atoms. The van der Waals surface area contributed by atoms with Gasteiger partial charge in [0.2, 0.25) is 11.8 Å². The van der Waals surface area contributed by atoms with Gasteiger partial charge < -0.3 is 14.2 Å². The minimum absolute atomic E-state index is 0.179. The van der Waals surface area contributed by atoms with E-state index in [-0.39, 0.29) is 16.6 Å². The van der Waals surface area contributed by atoms with Crippen LogP contribution in [-0.2, 0) is 14.2 Å². The molecule has 0 saturated carbocycles. The van der Waals surface area contributed by atoms with Crippen LogP contribution >= 0.6 is 0 Å². The molecule has 3 heterocycles. The van der Waals surface area contributed by atoms with Crippen LogP contribution in [0.15, 0.2) is 26.6 Å². The molecule has 0 aromatic heterocycles. The maximum atomic E-state index is 5.82. The Bertz CT molecular complexity index is 654. The molecule has 0 aromatic rings. The Labute approximate surface area is 143 Å². The Morgan fingerprint density at radius 3 is 1.92 bits per heavy atom. The molecule has 0 aliphatic carbocycles. The number of nitrogens with zero attached hydrogens (tertiary/aromatic N) is 3. The Morgan fingerprint density at radius 2 is 1.42 bits per heavy atom. The molecule has 0 amide bonds. The van der Waals surface area contributed by atoms with Crippen LogP contribution in [0, 0.1) is 0 Å². The third-order valence-electron chi connectivity index (χ3n) is 3.89. The van der Waals surface area contributed by atoms with Crippen LogP contribution in [0.3, 0.4) is 0 Å². The molecular formula is C18H27N3O3. The molecule has 0 spiro atoms. The predicted molar refractivity (Wildman–Crippen MR) is 95.1 cm³/mol. The molecule has 6 nitrogen and oxygen atoms in total. The highest BCUT2D eigenvalue weighted by Gasteiger charge is 2.33. The first-order chi connectivity index (χ1) is 11.0. The highest BCUT2D eigenvalue weighted by molar-refractivity contribution is 6.05. The molecule has 0 aromatic carbocycles. The van der Waals surface area contributed by atoms with Crippen molar-refractivity contribution in [1.29, 1.82) is 0 Å². The van der Waals surface area contributed by atoms with E-state index in [2.05, 4.69) is 42.7 Å². The van der Waals surface area contributed by atoms with Crippen molar-refractivity contribution in [2.24, 2.45) is 15.0 Å². The average molecular weight is 333 g/mol. The van der Waals surface area contributed by atoms with Gasteiger partial charge in [0.15, 0.2) is 5.90 Å². The van der Waals surface area contributed by atoms with Crippen LogP contribution < -0.4 is 0 Å². The van der Waals surface area contributed by atoms with Crippen LogP contribution in [-0.4, -0.2) is 54.1 Å². The van der Waals surface area contributed by atoms with Gasteiger partial charge in [0.25, 0.3) is 0 Å². The normalized spacial score (nSPS) is 26.9. The van der Waals surface area contributed by atoms with E-state index in [1.165, 1.54) is 0 Å². The molecule has 0 radical (unpaired) electrons. The first kappa shape index (κ1) is 17.0. The number of hydrogen-bond acceptors (Lipinski definition) is 6. The van der Waals surface area contributed by atoms with Crippen molar-refractivity contribution < 1.29 is 14.2 Å². The minimum Gasteiger partial charge on any atom is -0.478 e. The van der Waals surface area contributed by atoms with Crippen LogP contribution in [0.5, 0.6) is 0 Å². The lowest BCUT2D eigenvalue weighted by Crippen LogP contribution is -2.17. The summed E-state index contributed by atoms with van der Waals surface area (Å²) in [5.41, 5.74) is 0.302. The molecule has 6 heteroatoms. The number of hydrogen-bond donors (Lipinski definition) is 0. The topological polar surface area (TPSA) is 64.8 Å². The molecule has 0 saturated heterocycles. The molecule has 3 aliphatic rings. The molecule has 0 N–H and O–H groups in total. The summed E-state index contributed by atoms with van der Waals surface area (Å²) in [6, 6.07) is 0. The summed E-state index contributed by atoms with van der Waals surface area (Å²) in [6.07, 6.45) is 2.44. The van der Waals surface area contributed by atoms with Gasteiger partial charge in [0.05, 0.1) is 23.0 Å². The second kappa shape index (κ2) is 5.60. The summed E-state index contributed by atoms with van der Waals surface area (Å²) in [5, 5.41) is 0. The lowest BCUT2D eigenvalue weighted by Gasteiger charge is -2.08. The number of ether oxygens (including phenoxy) is 3. The number of aliphatic imine (C=N–C) groups is 3. The van der Waals surface area contributed by atoms with E-state index in [9.17, 15) is 0 Å². The van der Waals surface area contributed by atoms with Crippen molar-refractivity contribution in [1.82, 2.24) is 0 Å². The summed E-state index contributed by atoms with van der Waals surface area (Å²) in [5.74, 6) is 1.95. The van der Waals surface area contributed by atoms with Crippen molar-refractivity contribution in [3.8, 4) is 0 Å². The Morgan fingerprint density at radius 1 is 0.833 bits per heavy atom. The zero-order chi connectivity index (χ0) is 17.6. The molecular weight excluding hydrogens is 306 g/mol. The van der Waals surface area contributed by atoms with Crippen LogP contribution in [0.2, 0.25) is 0 Å². The Kier molecular flexibility index (Phi) is 3.97. The van der Waals surface area contributed by atoms with Crippen LogP contribution in [0.25, 0.3) is 0 Å². The lowest BCUT2D eigenvalue weighted by atomic mass is 10.1. The molecule has 0 fully saturated rings.